The number of carbonyl (C=O) groups is 3. The molecule has 0 aromatic carbocycles. The summed E-state index contributed by atoms with van der Waals surface area (Å²) in [5.41, 5.74) is -0.789. The van der Waals surface area contributed by atoms with Crippen LogP contribution in [0.1, 0.15) is 95.8 Å². The van der Waals surface area contributed by atoms with Gasteiger partial charge in [0.15, 0.2) is 5.82 Å². The van der Waals surface area contributed by atoms with Crippen LogP contribution in [0.4, 0.5) is 13.6 Å². The van der Waals surface area contributed by atoms with Crippen molar-refractivity contribution in [1.82, 2.24) is 25.3 Å². The zero-order valence-electron chi connectivity index (χ0n) is 21.1. The van der Waals surface area contributed by atoms with Crippen molar-refractivity contribution in [2.75, 3.05) is 19.6 Å². The first-order valence-electron chi connectivity index (χ1n) is 12.7. The second-order valence-corrected chi connectivity index (χ2v) is 11.0. The zero-order chi connectivity index (χ0) is 26.1. The van der Waals surface area contributed by atoms with Crippen LogP contribution in [0.15, 0.2) is 4.52 Å². The lowest BCUT2D eigenvalue weighted by Crippen LogP contribution is -2.53. The maximum absolute atomic E-state index is 14.0. The van der Waals surface area contributed by atoms with Crippen LogP contribution < -0.4 is 5.32 Å². The van der Waals surface area contributed by atoms with Crippen molar-refractivity contribution in [3.63, 3.8) is 0 Å². The van der Waals surface area contributed by atoms with E-state index in [1.807, 2.05) is 0 Å². The zero-order valence-corrected chi connectivity index (χ0v) is 21.1. The lowest BCUT2D eigenvalue weighted by atomic mass is 9.85. The minimum atomic E-state index is -3.01. The third-order valence-corrected chi connectivity index (χ3v) is 6.85. The summed E-state index contributed by atoms with van der Waals surface area (Å²) in [5, 5.41) is 6.71. The maximum Gasteiger partial charge on any atom is 0.407 e. The van der Waals surface area contributed by atoms with Crippen LogP contribution in [0.5, 0.6) is 0 Å². The molecule has 3 fully saturated rings. The minimum Gasteiger partial charge on any atom is -0.444 e. The highest BCUT2D eigenvalue weighted by molar-refractivity contribution is 5.80. The molecule has 2 saturated heterocycles. The molecule has 2 aliphatic heterocycles. The molecular weight excluding hydrogens is 476 g/mol. The standard InChI is InChI=1S/C24H35F2N5O5/c1-23(2,3)35-22(34)27-16(13-30-14-24(25,26)10-9-18(30)32)12-19(33)31-11-5-8-17(31)21-28-20(29-36-21)15-6-4-7-15/h15-17H,4-14H2,1-3H3,(H,27,34)/t16-,17-/m0/s1. The van der Waals surface area contributed by atoms with E-state index in [-0.39, 0.29) is 31.3 Å². The molecule has 10 nitrogen and oxygen atoms in total. The Morgan fingerprint density at radius 2 is 2.00 bits per heavy atom. The van der Waals surface area contributed by atoms with Gasteiger partial charge >= 0.3 is 6.09 Å². The van der Waals surface area contributed by atoms with Crippen molar-refractivity contribution in [2.24, 2.45) is 0 Å². The molecule has 200 valence electrons. The van der Waals surface area contributed by atoms with E-state index in [1.165, 1.54) is 0 Å². The SMILES string of the molecule is CC(C)(C)OC(=O)N[C@@H](CC(=O)N1CCC[C@H]1c1nc(C2CCC2)no1)CN1CC(F)(F)CCC1=O. The largest absolute Gasteiger partial charge is 0.444 e. The van der Waals surface area contributed by atoms with Crippen molar-refractivity contribution in [2.45, 2.75) is 102 Å². The number of halogens is 2. The molecule has 3 aliphatic rings. The quantitative estimate of drug-likeness (QED) is 0.595. The van der Waals surface area contributed by atoms with Gasteiger partial charge in [-0.05, 0) is 46.5 Å². The summed E-state index contributed by atoms with van der Waals surface area (Å²) in [7, 11) is 0. The molecule has 4 rings (SSSR count). The van der Waals surface area contributed by atoms with Gasteiger partial charge in [-0.1, -0.05) is 11.6 Å². The van der Waals surface area contributed by atoms with E-state index in [9.17, 15) is 23.2 Å². The van der Waals surface area contributed by atoms with E-state index >= 15 is 0 Å². The maximum atomic E-state index is 14.0. The second kappa shape index (κ2) is 10.3. The molecule has 1 N–H and O–H groups in total. The molecule has 0 unspecified atom stereocenters. The molecule has 3 heterocycles. The molecule has 0 bridgehead atoms. The Morgan fingerprint density at radius 1 is 1.25 bits per heavy atom. The van der Waals surface area contributed by atoms with Crippen LogP contribution >= 0.6 is 0 Å². The summed E-state index contributed by atoms with van der Waals surface area (Å²) in [6, 6.07) is -1.28. The Kier molecular flexibility index (Phi) is 7.51. The molecule has 1 aromatic heterocycles. The monoisotopic (exact) mass is 511 g/mol. The van der Waals surface area contributed by atoms with Gasteiger partial charge in [0.1, 0.15) is 11.6 Å². The number of alkyl carbamates (subject to hydrolysis) is 1. The Bertz CT molecular complexity index is 974. The van der Waals surface area contributed by atoms with Crippen molar-refractivity contribution in [3.05, 3.63) is 11.7 Å². The number of hydrogen-bond donors (Lipinski definition) is 1. The number of amides is 3. The number of piperidine rings is 1. The Labute approximate surface area is 209 Å². The summed E-state index contributed by atoms with van der Waals surface area (Å²) in [5.74, 6) is -2.37. The fourth-order valence-corrected chi connectivity index (χ4v) is 4.83. The molecule has 12 heteroatoms. The number of ether oxygens (including phenoxy) is 1. The number of nitrogens with zero attached hydrogens (tertiary/aromatic N) is 4. The number of nitrogens with one attached hydrogen (secondary N) is 1. The summed E-state index contributed by atoms with van der Waals surface area (Å²) in [4.78, 5) is 45.3. The van der Waals surface area contributed by atoms with Crippen LogP contribution in [0, 0.1) is 0 Å². The highest BCUT2D eigenvalue weighted by atomic mass is 19.3. The van der Waals surface area contributed by atoms with Crippen LogP contribution in [0.3, 0.4) is 0 Å². The molecule has 3 amide bonds. The molecular formula is C24H35F2N5O5. The fraction of sp³-hybridized carbons (Fsp3) is 0.792. The van der Waals surface area contributed by atoms with Gasteiger partial charge in [0, 0.05) is 38.3 Å². The van der Waals surface area contributed by atoms with Crippen LogP contribution in [-0.4, -0.2) is 75.0 Å². The lowest BCUT2D eigenvalue weighted by Gasteiger charge is -2.35. The van der Waals surface area contributed by atoms with Gasteiger partial charge in [0.2, 0.25) is 17.7 Å². The van der Waals surface area contributed by atoms with E-state index in [2.05, 4.69) is 15.5 Å². The number of alkyl halides is 2. The van der Waals surface area contributed by atoms with E-state index < -0.39 is 42.5 Å². The average molecular weight is 512 g/mol. The van der Waals surface area contributed by atoms with Gasteiger partial charge in [0.25, 0.3) is 5.92 Å². The Morgan fingerprint density at radius 3 is 2.67 bits per heavy atom. The fourth-order valence-electron chi connectivity index (χ4n) is 4.83. The topological polar surface area (TPSA) is 118 Å². The third kappa shape index (κ3) is 6.50. The smallest absolute Gasteiger partial charge is 0.407 e. The molecule has 1 saturated carbocycles. The van der Waals surface area contributed by atoms with Crippen LogP contribution in [0.2, 0.25) is 0 Å². The first-order valence-corrected chi connectivity index (χ1v) is 12.7. The van der Waals surface area contributed by atoms with Crippen molar-refractivity contribution >= 4 is 17.9 Å². The highest BCUT2D eigenvalue weighted by Crippen LogP contribution is 2.37. The normalized spacial score (nSPS) is 23.4. The van der Waals surface area contributed by atoms with Gasteiger partial charge in [-0.15, -0.1) is 0 Å². The van der Waals surface area contributed by atoms with Crippen molar-refractivity contribution in [3.8, 4) is 0 Å². The number of likely N-dealkylation sites (tertiary alicyclic amines) is 2. The van der Waals surface area contributed by atoms with Gasteiger partial charge in [0.05, 0.1) is 12.6 Å². The average Bonchev–Trinajstić information content (AvgIpc) is 3.37. The molecule has 2 atom stereocenters. The molecule has 1 aliphatic carbocycles. The first-order chi connectivity index (χ1) is 16.9. The van der Waals surface area contributed by atoms with Gasteiger partial charge in [-0.3, -0.25) is 9.59 Å². The summed E-state index contributed by atoms with van der Waals surface area (Å²) < 4.78 is 38.8. The first kappa shape index (κ1) is 26.3. The van der Waals surface area contributed by atoms with Gasteiger partial charge in [-0.2, -0.15) is 4.98 Å². The Hall–Kier alpha value is -2.79. The summed E-state index contributed by atoms with van der Waals surface area (Å²) >= 11 is 0. The number of hydrogen-bond acceptors (Lipinski definition) is 7. The molecule has 1 aromatic rings. The molecule has 0 spiro atoms. The van der Waals surface area contributed by atoms with Crippen molar-refractivity contribution < 1.29 is 32.4 Å². The summed E-state index contributed by atoms with van der Waals surface area (Å²) in [6.07, 6.45) is 2.85. The number of rotatable bonds is 7. The van der Waals surface area contributed by atoms with Gasteiger partial charge in [-0.25, -0.2) is 13.6 Å². The summed E-state index contributed by atoms with van der Waals surface area (Å²) in [6.45, 7) is 4.59. The lowest BCUT2D eigenvalue weighted by molar-refractivity contribution is -0.148. The second-order valence-electron chi connectivity index (χ2n) is 11.0. The van der Waals surface area contributed by atoms with Crippen molar-refractivity contribution in [1.29, 1.82) is 0 Å². The number of aromatic nitrogens is 2. The van der Waals surface area contributed by atoms with Crippen LogP contribution in [0.25, 0.3) is 0 Å². The minimum absolute atomic E-state index is 0.186. The van der Waals surface area contributed by atoms with Crippen LogP contribution in [-0.2, 0) is 14.3 Å². The predicted octanol–water partition coefficient (Wildman–Crippen LogP) is 3.54. The van der Waals surface area contributed by atoms with Gasteiger partial charge < -0.3 is 24.4 Å². The highest BCUT2D eigenvalue weighted by Gasteiger charge is 2.41. The molecule has 36 heavy (non-hydrogen) atoms. The van der Waals surface area contributed by atoms with E-state index in [4.69, 9.17) is 9.26 Å². The number of carbonyl (C=O) groups excluding carboxylic acids is 3. The third-order valence-electron chi connectivity index (χ3n) is 6.85. The predicted molar refractivity (Wildman–Crippen MR) is 123 cm³/mol. The van der Waals surface area contributed by atoms with E-state index in [1.54, 1.807) is 25.7 Å². The Balaban J connectivity index is 1.45. The molecule has 0 radical (unpaired) electrons. The van der Waals surface area contributed by atoms with E-state index in [0.29, 0.717) is 30.6 Å². The van der Waals surface area contributed by atoms with E-state index in [0.717, 1.165) is 30.6 Å².